The molecule has 2 aliphatic rings. The highest BCUT2D eigenvalue weighted by Crippen LogP contribution is 2.34. The first kappa shape index (κ1) is 35.1. The summed E-state index contributed by atoms with van der Waals surface area (Å²) >= 11 is 0. The molecule has 3 atom stereocenters. The predicted octanol–water partition coefficient (Wildman–Crippen LogP) is 4.00. The molecular weight excluding hydrogens is 574 g/mol. The Morgan fingerprint density at radius 1 is 0.911 bits per heavy atom. The molecule has 0 spiro atoms. The molecule has 45 heavy (non-hydrogen) atoms. The average Bonchev–Trinajstić information content (AvgIpc) is 3.07. The van der Waals surface area contributed by atoms with Crippen molar-refractivity contribution in [2.45, 2.75) is 58.0 Å². The number of hydrogen-bond acceptors (Lipinski definition) is 9. The zero-order chi connectivity index (χ0) is 31.9. The van der Waals surface area contributed by atoms with Gasteiger partial charge in [-0.15, -0.1) is 0 Å². The molecule has 0 saturated carbocycles. The molecule has 1 N–H and O–H groups in total. The number of ether oxygens (including phenoxy) is 6. The molecule has 0 radical (unpaired) electrons. The number of benzene rings is 2. The number of amides is 1. The Morgan fingerprint density at radius 3 is 2.36 bits per heavy atom. The van der Waals surface area contributed by atoms with Gasteiger partial charge in [-0.25, -0.2) is 0 Å². The standard InChI is InChI=1S/C35H53N3O7/c1-5-37(6-2)34(39)26-45-33-23-36-22-32(35(33)29-12-9-27(10-13-29)24-42-19-8-18-41-4)44-25-28-11-14-31-30(21-28)38(16-20-43-31)15-7-17-40-3/h9-14,21,32-33,35-36H,5-8,15-20,22-26H2,1-4H3/t32-,33+,35?/m0/s1. The van der Waals surface area contributed by atoms with Crippen LogP contribution in [0.25, 0.3) is 0 Å². The molecule has 1 saturated heterocycles. The van der Waals surface area contributed by atoms with E-state index >= 15 is 0 Å². The SMILES string of the molecule is CCN(CC)C(=O)CO[C@@H]1CNC[C@H](OCc2ccc3c(c2)N(CCCOC)CCO3)C1c1ccc(COCCCOC)cc1. The normalized spacial score (nSPS) is 19.6. The van der Waals surface area contributed by atoms with E-state index in [2.05, 4.69) is 46.6 Å². The number of carbonyl (C=O) groups excluding carboxylic acids is 1. The first-order valence-corrected chi connectivity index (χ1v) is 16.4. The molecule has 1 unspecified atom stereocenters. The van der Waals surface area contributed by atoms with Gasteiger partial charge in [-0.1, -0.05) is 30.3 Å². The number of carbonyl (C=O) groups is 1. The molecular formula is C35H53N3O7. The van der Waals surface area contributed by atoms with Crippen molar-refractivity contribution in [1.82, 2.24) is 10.2 Å². The Labute approximate surface area is 269 Å². The van der Waals surface area contributed by atoms with Crippen LogP contribution in [0.3, 0.4) is 0 Å². The van der Waals surface area contributed by atoms with Crippen LogP contribution in [0.15, 0.2) is 42.5 Å². The van der Waals surface area contributed by atoms with Crippen molar-refractivity contribution in [2.75, 3.05) is 91.4 Å². The number of likely N-dealkylation sites (N-methyl/N-ethyl adjacent to an activating group) is 1. The van der Waals surface area contributed by atoms with E-state index in [1.165, 1.54) is 0 Å². The Morgan fingerprint density at radius 2 is 1.62 bits per heavy atom. The average molecular weight is 628 g/mol. The van der Waals surface area contributed by atoms with E-state index in [0.29, 0.717) is 59.2 Å². The van der Waals surface area contributed by atoms with Crippen molar-refractivity contribution in [3.8, 4) is 5.75 Å². The lowest BCUT2D eigenvalue weighted by Crippen LogP contribution is -2.51. The zero-order valence-corrected chi connectivity index (χ0v) is 27.6. The summed E-state index contributed by atoms with van der Waals surface area (Å²) in [4.78, 5) is 17.0. The van der Waals surface area contributed by atoms with Crippen molar-refractivity contribution < 1.29 is 33.2 Å². The Bertz CT molecular complexity index is 1140. The number of methoxy groups -OCH3 is 2. The van der Waals surface area contributed by atoms with Crippen LogP contribution in [0.4, 0.5) is 5.69 Å². The van der Waals surface area contributed by atoms with Gasteiger partial charge < -0.3 is 43.5 Å². The maximum atomic E-state index is 12.8. The van der Waals surface area contributed by atoms with Gasteiger partial charge in [0.05, 0.1) is 37.7 Å². The lowest BCUT2D eigenvalue weighted by Gasteiger charge is -2.39. The molecule has 1 fully saturated rings. The number of piperidine rings is 1. The van der Waals surface area contributed by atoms with Gasteiger partial charge >= 0.3 is 0 Å². The second kappa shape index (κ2) is 19.1. The Hall–Kier alpha value is -2.73. The minimum absolute atomic E-state index is 0.00842. The van der Waals surface area contributed by atoms with Crippen molar-refractivity contribution in [3.05, 3.63) is 59.2 Å². The summed E-state index contributed by atoms with van der Waals surface area (Å²) in [7, 11) is 3.44. The first-order chi connectivity index (χ1) is 22.1. The second-order valence-corrected chi connectivity index (χ2v) is 11.6. The summed E-state index contributed by atoms with van der Waals surface area (Å²) < 4.78 is 35.2. The molecule has 0 aromatic heterocycles. The van der Waals surface area contributed by atoms with Crippen LogP contribution in [0.1, 0.15) is 49.3 Å². The van der Waals surface area contributed by atoms with Crippen LogP contribution in [0, 0.1) is 0 Å². The van der Waals surface area contributed by atoms with Gasteiger partial charge in [0.25, 0.3) is 0 Å². The van der Waals surface area contributed by atoms with Crippen LogP contribution in [-0.2, 0) is 41.7 Å². The van der Waals surface area contributed by atoms with Gasteiger partial charge in [-0.2, -0.15) is 0 Å². The fraction of sp³-hybridized carbons (Fsp3) is 0.629. The van der Waals surface area contributed by atoms with Crippen molar-refractivity contribution >= 4 is 11.6 Å². The smallest absolute Gasteiger partial charge is 0.248 e. The predicted molar refractivity (Wildman–Crippen MR) is 175 cm³/mol. The van der Waals surface area contributed by atoms with Crippen molar-refractivity contribution in [3.63, 3.8) is 0 Å². The van der Waals surface area contributed by atoms with Crippen molar-refractivity contribution in [1.29, 1.82) is 0 Å². The van der Waals surface area contributed by atoms with E-state index in [0.717, 1.165) is 60.7 Å². The van der Waals surface area contributed by atoms with Gasteiger partial charge in [0.15, 0.2) is 0 Å². The van der Waals surface area contributed by atoms with E-state index in [4.69, 9.17) is 28.4 Å². The molecule has 2 aromatic rings. The van der Waals surface area contributed by atoms with Gasteiger partial charge in [0, 0.05) is 72.7 Å². The number of rotatable bonds is 19. The van der Waals surface area contributed by atoms with E-state index in [9.17, 15) is 4.79 Å². The summed E-state index contributed by atoms with van der Waals surface area (Å²) in [6.07, 6.45) is 1.47. The van der Waals surface area contributed by atoms with Crippen LogP contribution >= 0.6 is 0 Å². The quantitative estimate of drug-likeness (QED) is 0.232. The van der Waals surface area contributed by atoms with E-state index in [1.807, 2.05) is 19.9 Å². The summed E-state index contributed by atoms with van der Waals surface area (Å²) in [5.74, 6) is 0.877. The molecule has 10 heteroatoms. The van der Waals surface area contributed by atoms with E-state index < -0.39 is 0 Å². The highest BCUT2D eigenvalue weighted by Gasteiger charge is 2.36. The van der Waals surface area contributed by atoms with Gasteiger partial charge in [0.1, 0.15) is 19.0 Å². The fourth-order valence-electron chi connectivity index (χ4n) is 6.04. The Kier molecular flexibility index (Phi) is 14.9. The molecule has 2 aliphatic heterocycles. The summed E-state index contributed by atoms with van der Waals surface area (Å²) in [6.45, 7) is 12.3. The third kappa shape index (κ3) is 10.4. The van der Waals surface area contributed by atoms with Crippen LogP contribution in [0.5, 0.6) is 5.75 Å². The minimum atomic E-state index is -0.215. The summed E-state index contributed by atoms with van der Waals surface area (Å²) in [5, 5.41) is 3.50. The second-order valence-electron chi connectivity index (χ2n) is 11.6. The maximum Gasteiger partial charge on any atom is 0.248 e. The van der Waals surface area contributed by atoms with Crippen LogP contribution in [-0.4, -0.2) is 110 Å². The summed E-state index contributed by atoms with van der Waals surface area (Å²) in [6, 6.07) is 14.8. The topological polar surface area (TPSA) is 91.0 Å². The van der Waals surface area contributed by atoms with Gasteiger partial charge in [-0.05, 0) is 55.5 Å². The lowest BCUT2D eigenvalue weighted by atomic mass is 9.85. The fourth-order valence-corrected chi connectivity index (χ4v) is 6.04. The number of hydrogen-bond donors (Lipinski definition) is 1. The Balaban J connectivity index is 1.47. The summed E-state index contributed by atoms with van der Waals surface area (Å²) in [5.41, 5.74) is 4.44. The molecule has 10 nitrogen and oxygen atoms in total. The molecule has 0 aliphatic carbocycles. The molecule has 4 rings (SSSR count). The van der Waals surface area contributed by atoms with E-state index in [1.54, 1.807) is 19.1 Å². The molecule has 1 amide bonds. The van der Waals surface area contributed by atoms with Crippen LogP contribution < -0.4 is 15.0 Å². The molecule has 250 valence electrons. The number of nitrogens with one attached hydrogen (secondary N) is 1. The molecule has 0 bridgehead atoms. The first-order valence-electron chi connectivity index (χ1n) is 16.4. The maximum absolute atomic E-state index is 12.8. The molecule has 2 heterocycles. The third-order valence-corrected chi connectivity index (χ3v) is 8.52. The van der Waals surface area contributed by atoms with Gasteiger partial charge in [-0.3, -0.25) is 4.79 Å². The lowest BCUT2D eigenvalue weighted by molar-refractivity contribution is -0.140. The van der Waals surface area contributed by atoms with E-state index in [-0.39, 0.29) is 30.6 Å². The highest BCUT2D eigenvalue weighted by molar-refractivity contribution is 5.77. The number of anilines is 1. The monoisotopic (exact) mass is 627 g/mol. The zero-order valence-electron chi connectivity index (χ0n) is 27.6. The number of nitrogens with zero attached hydrogens (tertiary/aromatic N) is 2. The van der Waals surface area contributed by atoms with Gasteiger partial charge in [0.2, 0.25) is 5.91 Å². The molecule has 2 aromatic carbocycles. The van der Waals surface area contributed by atoms with Crippen LogP contribution in [0.2, 0.25) is 0 Å². The highest BCUT2D eigenvalue weighted by atomic mass is 16.5. The third-order valence-electron chi connectivity index (χ3n) is 8.52. The largest absolute Gasteiger partial charge is 0.490 e. The minimum Gasteiger partial charge on any atom is -0.490 e. The van der Waals surface area contributed by atoms with Crippen molar-refractivity contribution in [2.24, 2.45) is 0 Å². The number of fused-ring (bicyclic) bond motifs is 1.